The van der Waals surface area contributed by atoms with Crippen molar-refractivity contribution in [3.05, 3.63) is 29.8 Å². The van der Waals surface area contributed by atoms with Crippen molar-refractivity contribution < 1.29 is 19.4 Å². The molecule has 114 valence electrons. The maximum atomic E-state index is 12.3. The van der Waals surface area contributed by atoms with E-state index < -0.39 is 18.6 Å². The predicted octanol–water partition coefficient (Wildman–Crippen LogP) is -0.0548. The highest BCUT2D eigenvalue weighted by Crippen LogP contribution is 2.28. The van der Waals surface area contributed by atoms with E-state index in [2.05, 4.69) is 10.1 Å². The molecule has 0 saturated heterocycles. The second-order valence-electron chi connectivity index (χ2n) is 5.18. The number of aliphatic hydroxyl groups excluding tert-OH is 1. The summed E-state index contributed by atoms with van der Waals surface area (Å²) in [5.41, 5.74) is 2.22. The minimum absolute atomic E-state index is 0.249. The Morgan fingerprint density at radius 1 is 1.48 bits per heavy atom. The van der Waals surface area contributed by atoms with Crippen LogP contribution in [0.15, 0.2) is 24.3 Å². The third kappa shape index (κ3) is 3.33. The van der Waals surface area contributed by atoms with Gasteiger partial charge in [-0.3, -0.25) is 4.79 Å². The number of nitrogens with one attached hydrogen (secondary N) is 1. The summed E-state index contributed by atoms with van der Waals surface area (Å²) in [6, 6.07) is 6.92. The molecule has 0 aliphatic carbocycles. The van der Waals surface area contributed by atoms with Crippen LogP contribution in [0.1, 0.15) is 5.56 Å². The first-order valence-electron chi connectivity index (χ1n) is 6.85. The van der Waals surface area contributed by atoms with Gasteiger partial charge >= 0.3 is 5.97 Å². The number of esters is 1. The lowest BCUT2D eigenvalue weighted by molar-refractivity contribution is -0.146. The van der Waals surface area contributed by atoms with Crippen LogP contribution in [0, 0.1) is 5.92 Å². The number of benzene rings is 1. The molecule has 2 N–H and O–H groups in total. The number of para-hydroxylation sites is 1. The highest BCUT2D eigenvalue weighted by Gasteiger charge is 2.30. The van der Waals surface area contributed by atoms with Gasteiger partial charge in [-0.25, -0.2) is 4.79 Å². The topological polar surface area (TPSA) is 78.9 Å². The molecule has 0 fully saturated rings. The van der Waals surface area contributed by atoms with Crippen molar-refractivity contribution in [2.45, 2.75) is 12.5 Å². The molecule has 6 nitrogen and oxygen atoms in total. The largest absolute Gasteiger partial charge is 0.467 e. The van der Waals surface area contributed by atoms with E-state index >= 15 is 0 Å². The van der Waals surface area contributed by atoms with Gasteiger partial charge in [0.1, 0.15) is 0 Å². The Kier molecular flexibility index (Phi) is 4.80. The summed E-state index contributed by atoms with van der Waals surface area (Å²) < 4.78 is 4.54. The van der Waals surface area contributed by atoms with Crippen molar-refractivity contribution in [1.82, 2.24) is 5.32 Å². The average molecular weight is 292 g/mol. The van der Waals surface area contributed by atoms with E-state index in [0.717, 1.165) is 11.3 Å². The number of nitrogens with zero attached hydrogens (tertiary/aromatic N) is 1. The lowest BCUT2D eigenvalue weighted by Gasteiger charge is -2.33. The maximum Gasteiger partial charge on any atom is 0.330 e. The van der Waals surface area contributed by atoms with E-state index in [9.17, 15) is 9.59 Å². The molecule has 1 unspecified atom stereocenters. The molecule has 1 aliphatic rings. The first-order chi connectivity index (χ1) is 10.1. The lowest BCUT2D eigenvalue weighted by Crippen LogP contribution is -2.49. The molecule has 1 aromatic rings. The Labute approximate surface area is 123 Å². The molecule has 1 aromatic carbocycles. The molecule has 1 heterocycles. The molecule has 2 atom stereocenters. The zero-order chi connectivity index (χ0) is 15.4. The van der Waals surface area contributed by atoms with Crippen molar-refractivity contribution in [3.8, 4) is 0 Å². The number of ether oxygens (including phenoxy) is 1. The van der Waals surface area contributed by atoms with Gasteiger partial charge in [0.2, 0.25) is 5.91 Å². The second-order valence-corrected chi connectivity index (χ2v) is 5.18. The van der Waals surface area contributed by atoms with Crippen molar-refractivity contribution in [3.63, 3.8) is 0 Å². The number of hydrogen-bond acceptors (Lipinski definition) is 5. The van der Waals surface area contributed by atoms with E-state index in [1.54, 1.807) is 0 Å². The summed E-state index contributed by atoms with van der Waals surface area (Å²) in [5, 5.41) is 11.7. The van der Waals surface area contributed by atoms with Crippen LogP contribution in [0.5, 0.6) is 0 Å². The molecular weight excluding hydrogens is 272 g/mol. The molecule has 21 heavy (non-hydrogen) atoms. The number of amides is 1. The standard InChI is InChI=1S/C15H20N2O4/c1-17-8-11(7-10-5-3-4-6-13(10)17)14(19)16-12(9-18)15(20)21-2/h3-6,11-12,18H,7-9H2,1-2H3,(H,16,19)/t11?,12-/m0/s1. The number of hydrogen-bond donors (Lipinski definition) is 2. The van der Waals surface area contributed by atoms with Crippen molar-refractivity contribution in [2.24, 2.45) is 5.92 Å². The number of fused-ring (bicyclic) bond motifs is 1. The number of anilines is 1. The molecule has 6 heteroatoms. The monoisotopic (exact) mass is 292 g/mol. The number of rotatable bonds is 4. The van der Waals surface area contributed by atoms with Crippen molar-refractivity contribution in [1.29, 1.82) is 0 Å². The van der Waals surface area contributed by atoms with E-state index in [-0.39, 0.29) is 11.8 Å². The van der Waals surface area contributed by atoms with Gasteiger partial charge < -0.3 is 20.1 Å². The first kappa shape index (κ1) is 15.3. The third-order valence-electron chi connectivity index (χ3n) is 3.72. The molecule has 0 bridgehead atoms. The van der Waals surface area contributed by atoms with Crippen LogP contribution in [0.2, 0.25) is 0 Å². The van der Waals surface area contributed by atoms with Crippen LogP contribution in [0.4, 0.5) is 5.69 Å². The Morgan fingerprint density at radius 2 is 2.19 bits per heavy atom. The molecule has 2 rings (SSSR count). The van der Waals surface area contributed by atoms with E-state index in [4.69, 9.17) is 5.11 Å². The minimum Gasteiger partial charge on any atom is -0.467 e. The molecular formula is C15H20N2O4. The second kappa shape index (κ2) is 6.58. The van der Waals surface area contributed by atoms with Gasteiger partial charge in [0.05, 0.1) is 19.6 Å². The van der Waals surface area contributed by atoms with Gasteiger partial charge in [-0.1, -0.05) is 18.2 Å². The Bertz CT molecular complexity index is 532. The fourth-order valence-electron chi connectivity index (χ4n) is 2.60. The predicted molar refractivity (Wildman–Crippen MR) is 77.9 cm³/mol. The van der Waals surface area contributed by atoms with Crippen LogP contribution >= 0.6 is 0 Å². The van der Waals surface area contributed by atoms with Crippen LogP contribution < -0.4 is 10.2 Å². The van der Waals surface area contributed by atoms with Gasteiger partial charge in [-0.2, -0.15) is 0 Å². The maximum absolute atomic E-state index is 12.3. The number of methoxy groups -OCH3 is 1. The third-order valence-corrected chi connectivity index (χ3v) is 3.72. The van der Waals surface area contributed by atoms with Gasteiger partial charge in [0.25, 0.3) is 0 Å². The molecule has 0 spiro atoms. The summed E-state index contributed by atoms with van der Waals surface area (Å²) >= 11 is 0. The molecule has 0 saturated carbocycles. The fraction of sp³-hybridized carbons (Fsp3) is 0.467. The Balaban J connectivity index is 2.06. The number of aliphatic hydroxyl groups is 1. The number of carbonyl (C=O) groups excluding carboxylic acids is 2. The van der Waals surface area contributed by atoms with E-state index in [0.29, 0.717) is 13.0 Å². The van der Waals surface area contributed by atoms with E-state index in [1.165, 1.54) is 7.11 Å². The van der Waals surface area contributed by atoms with Crippen molar-refractivity contribution in [2.75, 3.05) is 32.2 Å². The summed E-state index contributed by atoms with van der Waals surface area (Å²) in [6.07, 6.45) is 0.617. The molecule has 0 aromatic heterocycles. The molecule has 1 amide bonds. The van der Waals surface area contributed by atoms with Crippen molar-refractivity contribution >= 4 is 17.6 Å². The Morgan fingerprint density at radius 3 is 2.86 bits per heavy atom. The van der Waals surface area contributed by atoms with Crippen LogP contribution in [0.25, 0.3) is 0 Å². The molecule has 0 radical (unpaired) electrons. The van der Waals surface area contributed by atoms with E-state index in [1.807, 2.05) is 36.2 Å². The van der Waals surface area contributed by atoms with Gasteiger partial charge in [-0.05, 0) is 18.1 Å². The van der Waals surface area contributed by atoms with Gasteiger partial charge in [0, 0.05) is 19.3 Å². The Hall–Kier alpha value is -2.08. The fourth-order valence-corrected chi connectivity index (χ4v) is 2.60. The zero-order valence-electron chi connectivity index (χ0n) is 12.2. The lowest BCUT2D eigenvalue weighted by atomic mass is 9.92. The van der Waals surface area contributed by atoms with Crippen LogP contribution in [-0.2, 0) is 20.7 Å². The highest BCUT2D eigenvalue weighted by molar-refractivity contribution is 5.87. The zero-order valence-corrected chi connectivity index (χ0v) is 12.2. The van der Waals surface area contributed by atoms with Crippen LogP contribution in [0.3, 0.4) is 0 Å². The van der Waals surface area contributed by atoms with Gasteiger partial charge in [0.15, 0.2) is 6.04 Å². The molecule has 1 aliphatic heterocycles. The summed E-state index contributed by atoms with van der Waals surface area (Å²) in [6.45, 7) is 0.0970. The summed E-state index contributed by atoms with van der Waals surface area (Å²) in [4.78, 5) is 25.7. The average Bonchev–Trinajstić information content (AvgIpc) is 2.51. The summed E-state index contributed by atoms with van der Waals surface area (Å²) in [7, 11) is 3.16. The highest BCUT2D eigenvalue weighted by atomic mass is 16.5. The number of carbonyl (C=O) groups is 2. The first-order valence-corrected chi connectivity index (χ1v) is 6.85. The quantitative estimate of drug-likeness (QED) is 0.761. The normalized spacial score (nSPS) is 18.6. The summed E-state index contributed by atoms with van der Waals surface area (Å²) in [5.74, 6) is -1.15. The minimum atomic E-state index is -1.01. The smallest absolute Gasteiger partial charge is 0.330 e. The SMILES string of the molecule is COC(=O)[C@H](CO)NC(=O)C1Cc2ccccc2N(C)C1. The van der Waals surface area contributed by atoms with Gasteiger partial charge in [-0.15, -0.1) is 0 Å². The van der Waals surface area contributed by atoms with Crippen LogP contribution in [-0.4, -0.2) is 50.3 Å².